The predicted octanol–water partition coefficient (Wildman–Crippen LogP) is 3.70. The molecule has 1 aromatic carbocycles. The van der Waals surface area contributed by atoms with Gasteiger partial charge in [-0.05, 0) is 43.0 Å². The lowest BCUT2D eigenvalue weighted by Crippen LogP contribution is -2.38. The number of aromatic nitrogens is 3. The summed E-state index contributed by atoms with van der Waals surface area (Å²) in [5.74, 6) is 1.80. The molecule has 1 N–H and O–H groups in total. The Morgan fingerprint density at radius 2 is 2.09 bits per heavy atom. The van der Waals surface area contributed by atoms with Crippen LogP contribution in [0.1, 0.15) is 54.9 Å². The van der Waals surface area contributed by atoms with E-state index in [-0.39, 0.29) is 11.9 Å². The van der Waals surface area contributed by atoms with E-state index in [1.54, 1.807) is 6.92 Å². The van der Waals surface area contributed by atoms with E-state index in [4.69, 9.17) is 9.97 Å². The Morgan fingerprint density at radius 1 is 1.19 bits per heavy atom. The molecule has 0 radical (unpaired) electrons. The Kier molecular flexibility index (Phi) is 5.74. The molecule has 7 nitrogen and oxygen atoms in total. The molecule has 0 aliphatic carbocycles. The van der Waals surface area contributed by atoms with Gasteiger partial charge < -0.3 is 10.2 Å². The van der Waals surface area contributed by atoms with E-state index in [1.807, 2.05) is 24.2 Å². The smallest absolute Gasteiger partial charge is 0.220 e. The second kappa shape index (κ2) is 8.82. The number of nitrogens with one attached hydrogen (secondary N) is 1. The fourth-order valence-corrected chi connectivity index (χ4v) is 5.04. The lowest BCUT2D eigenvalue weighted by molar-refractivity contribution is -0.132. The number of anilines is 1. The van der Waals surface area contributed by atoms with Crippen molar-refractivity contribution < 1.29 is 4.79 Å². The average Bonchev–Trinajstić information content (AvgIpc) is 2.83. The predicted molar refractivity (Wildman–Crippen MR) is 125 cm³/mol. The van der Waals surface area contributed by atoms with Crippen molar-refractivity contribution in [3.8, 4) is 0 Å². The highest BCUT2D eigenvalue weighted by Gasteiger charge is 2.30. The SMILES string of the molecule is CNc1nc([C@H]2CCCCN2C(C)=O)nc2c1CN(Cc1ccc3ncccc3c1)CC2. The molecule has 166 valence electrons. The third-order valence-corrected chi connectivity index (χ3v) is 6.67. The van der Waals surface area contributed by atoms with Gasteiger partial charge >= 0.3 is 0 Å². The molecule has 2 aliphatic rings. The lowest BCUT2D eigenvalue weighted by atomic mass is 9.99. The molecular weight excluding hydrogens is 400 g/mol. The number of piperidine rings is 1. The summed E-state index contributed by atoms with van der Waals surface area (Å²) in [7, 11) is 1.92. The molecule has 1 fully saturated rings. The number of fused-ring (bicyclic) bond motifs is 2. The van der Waals surface area contributed by atoms with Crippen molar-refractivity contribution in [2.45, 2.75) is 51.7 Å². The number of benzene rings is 1. The van der Waals surface area contributed by atoms with Gasteiger partial charge in [-0.25, -0.2) is 9.97 Å². The molecule has 4 heterocycles. The van der Waals surface area contributed by atoms with Gasteiger partial charge in [0.1, 0.15) is 5.82 Å². The minimum atomic E-state index is -0.0112. The molecule has 32 heavy (non-hydrogen) atoms. The standard InChI is InChI=1S/C25H30N6O/c1-17(32)31-12-4-3-7-23(31)25-28-22-10-13-30(16-20(22)24(26-2)29-25)15-18-8-9-21-19(14-18)6-5-11-27-21/h5-6,8-9,11,14,23H,3-4,7,10,12-13,15-16H2,1-2H3,(H,26,28,29)/t23-/m1/s1. The van der Waals surface area contributed by atoms with Crippen LogP contribution in [0.15, 0.2) is 36.5 Å². The van der Waals surface area contributed by atoms with Crippen LogP contribution in [-0.4, -0.2) is 50.8 Å². The molecule has 0 bridgehead atoms. The zero-order valence-electron chi connectivity index (χ0n) is 18.8. The molecular formula is C25H30N6O. The van der Waals surface area contributed by atoms with Crippen LogP contribution in [-0.2, 0) is 24.3 Å². The Morgan fingerprint density at radius 3 is 2.94 bits per heavy atom. The van der Waals surface area contributed by atoms with Crippen molar-refractivity contribution in [2.75, 3.05) is 25.5 Å². The van der Waals surface area contributed by atoms with E-state index < -0.39 is 0 Å². The Balaban J connectivity index is 1.38. The van der Waals surface area contributed by atoms with E-state index in [0.717, 1.165) is 74.7 Å². The fraction of sp³-hybridized carbons (Fsp3) is 0.440. The van der Waals surface area contributed by atoms with E-state index in [0.29, 0.717) is 0 Å². The number of rotatable bonds is 4. The van der Waals surface area contributed by atoms with Crippen molar-refractivity contribution in [3.63, 3.8) is 0 Å². The van der Waals surface area contributed by atoms with Gasteiger partial charge in [0, 0.05) is 63.7 Å². The van der Waals surface area contributed by atoms with Crippen molar-refractivity contribution in [3.05, 3.63) is 59.2 Å². The summed E-state index contributed by atoms with van der Waals surface area (Å²) in [4.78, 5) is 30.9. The van der Waals surface area contributed by atoms with Crippen molar-refractivity contribution in [1.82, 2.24) is 24.8 Å². The molecule has 1 saturated heterocycles. The first-order chi connectivity index (χ1) is 15.6. The number of hydrogen-bond donors (Lipinski definition) is 1. The molecule has 3 aromatic rings. The van der Waals surface area contributed by atoms with Crippen LogP contribution in [0.3, 0.4) is 0 Å². The number of carbonyl (C=O) groups excluding carboxylic acids is 1. The fourth-order valence-electron chi connectivity index (χ4n) is 5.04. The second-order valence-electron chi connectivity index (χ2n) is 8.82. The van der Waals surface area contributed by atoms with Crippen molar-refractivity contribution in [1.29, 1.82) is 0 Å². The van der Waals surface area contributed by atoms with Gasteiger partial charge in [-0.3, -0.25) is 14.7 Å². The monoisotopic (exact) mass is 430 g/mol. The van der Waals surface area contributed by atoms with E-state index in [1.165, 1.54) is 16.5 Å². The first kappa shape index (κ1) is 20.8. The third-order valence-electron chi connectivity index (χ3n) is 6.67. The van der Waals surface area contributed by atoms with Gasteiger partial charge in [0.05, 0.1) is 17.3 Å². The topological polar surface area (TPSA) is 74.2 Å². The molecule has 0 unspecified atom stereocenters. The van der Waals surface area contributed by atoms with Gasteiger partial charge in [-0.2, -0.15) is 0 Å². The Bertz CT molecular complexity index is 1130. The molecule has 1 atom stereocenters. The van der Waals surface area contributed by atoms with Crippen LogP contribution in [0.4, 0.5) is 5.82 Å². The van der Waals surface area contributed by atoms with E-state index >= 15 is 0 Å². The Labute approximate surface area is 188 Å². The van der Waals surface area contributed by atoms with Crippen LogP contribution in [0.5, 0.6) is 0 Å². The number of nitrogens with zero attached hydrogens (tertiary/aromatic N) is 5. The highest BCUT2D eigenvalue weighted by atomic mass is 16.2. The quantitative estimate of drug-likeness (QED) is 0.680. The zero-order valence-corrected chi connectivity index (χ0v) is 18.8. The minimum absolute atomic E-state index is 0.0112. The van der Waals surface area contributed by atoms with Crippen LogP contribution in [0.25, 0.3) is 10.9 Å². The largest absolute Gasteiger partial charge is 0.373 e. The van der Waals surface area contributed by atoms with Gasteiger partial charge in [0.2, 0.25) is 5.91 Å². The van der Waals surface area contributed by atoms with Gasteiger partial charge in [0.25, 0.3) is 0 Å². The normalized spacial score (nSPS) is 19.1. The van der Waals surface area contributed by atoms with Crippen molar-refractivity contribution >= 4 is 22.6 Å². The summed E-state index contributed by atoms with van der Waals surface area (Å²) >= 11 is 0. The minimum Gasteiger partial charge on any atom is -0.373 e. The maximum atomic E-state index is 12.2. The van der Waals surface area contributed by atoms with Crippen LogP contribution in [0.2, 0.25) is 0 Å². The van der Waals surface area contributed by atoms with Crippen LogP contribution in [0, 0.1) is 0 Å². The molecule has 5 rings (SSSR count). The maximum Gasteiger partial charge on any atom is 0.220 e. The summed E-state index contributed by atoms with van der Waals surface area (Å²) in [6.45, 7) is 5.10. The summed E-state index contributed by atoms with van der Waals surface area (Å²) in [5.41, 5.74) is 4.61. The highest BCUT2D eigenvalue weighted by Crippen LogP contribution is 2.32. The van der Waals surface area contributed by atoms with Crippen LogP contribution >= 0.6 is 0 Å². The average molecular weight is 431 g/mol. The van der Waals surface area contributed by atoms with Crippen molar-refractivity contribution in [2.24, 2.45) is 0 Å². The van der Waals surface area contributed by atoms with E-state index in [2.05, 4.69) is 39.5 Å². The molecule has 0 spiro atoms. The summed E-state index contributed by atoms with van der Waals surface area (Å²) in [6, 6.07) is 10.6. The van der Waals surface area contributed by atoms with Gasteiger partial charge in [0.15, 0.2) is 5.82 Å². The molecule has 7 heteroatoms. The Hall–Kier alpha value is -3.06. The number of pyridine rings is 1. The third kappa shape index (κ3) is 4.05. The lowest BCUT2D eigenvalue weighted by Gasteiger charge is -2.35. The zero-order chi connectivity index (χ0) is 22.1. The summed E-state index contributed by atoms with van der Waals surface area (Å²) in [6.07, 6.45) is 5.82. The van der Waals surface area contributed by atoms with E-state index in [9.17, 15) is 4.79 Å². The summed E-state index contributed by atoms with van der Waals surface area (Å²) in [5, 5.41) is 4.47. The molecule has 1 amide bonds. The number of carbonyl (C=O) groups is 1. The van der Waals surface area contributed by atoms with Gasteiger partial charge in [-0.15, -0.1) is 0 Å². The highest BCUT2D eigenvalue weighted by molar-refractivity contribution is 5.78. The first-order valence-electron chi connectivity index (χ1n) is 11.5. The molecule has 2 aromatic heterocycles. The number of likely N-dealkylation sites (tertiary alicyclic amines) is 1. The first-order valence-corrected chi connectivity index (χ1v) is 11.5. The maximum absolute atomic E-state index is 12.2. The summed E-state index contributed by atoms with van der Waals surface area (Å²) < 4.78 is 0. The molecule has 0 saturated carbocycles. The molecule has 2 aliphatic heterocycles. The van der Waals surface area contributed by atoms with Crippen LogP contribution < -0.4 is 5.32 Å². The number of hydrogen-bond acceptors (Lipinski definition) is 6. The second-order valence-corrected chi connectivity index (χ2v) is 8.82. The van der Waals surface area contributed by atoms with Gasteiger partial charge in [-0.1, -0.05) is 12.1 Å². The number of amides is 1.